The number of nitro benzene ring substituents is 1. The van der Waals surface area contributed by atoms with E-state index < -0.39 is 20.8 Å². The molecule has 0 aliphatic rings. The molecule has 0 amide bonds. The SMILES string of the molecule is O=[N+]([O-])c1ccc(-c2cc(Nc3ccc(NS(=O)(=O)c4ccc(F)cc4)cc3)n[nH]2)cc1. The van der Waals surface area contributed by atoms with Gasteiger partial charge in [-0.25, -0.2) is 12.8 Å². The Balaban J connectivity index is 1.43. The molecule has 1 aromatic heterocycles. The smallest absolute Gasteiger partial charge is 0.269 e. The fourth-order valence-corrected chi connectivity index (χ4v) is 3.95. The van der Waals surface area contributed by atoms with Gasteiger partial charge in [0.2, 0.25) is 0 Å². The Morgan fingerprint density at radius 1 is 0.906 bits per heavy atom. The number of hydrogen-bond acceptors (Lipinski definition) is 6. The minimum Gasteiger partial charge on any atom is -0.339 e. The van der Waals surface area contributed by atoms with Crippen molar-refractivity contribution in [1.29, 1.82) is 0 Å². The van der Waals surface area contributed by atoms with E-state index in [0.29, 0.717) is 22.9 Å². The van der Waals surface area contributed by atoms with Crippen LogP contribution in [0.25, 0.3) is 11.3 Å². The lowest BCUT2D eigenvalue weighted by atomic mass is 10.1. The quantitative estimate of drug-likeness (QED) is 0.275. The van der Waals surface area contributed by atoms with E-state index in [9.17, 15) is 22.9 Å². The van der Waals surface area contributed by atoms with Crippen molar-refractivity contribution in [1.82, 2.24) is 10.2 Å². The van der Waals surface area contributed by atoms with Gasteiger partial charge in [-0.05, 0) is 60.7 Å². The molecule has 4 aromatic rings. The Morgan fingerprint density at radius 3 is 2.16 bits per heavy atom. The van der Waals surface area contributed by atoms with Crippen molar-refractivity contribution in [3.8, 4) is 11.3 Å². The third-order valence-electron chi connectivity index (χ3n) is 4.50. The molecule has 1 heterocycles. The number of rotatable bonds is 7. The monoisotopic (exact) mass is 453 g/mol. The van der Waals surface area contributed by atoms with Crippen LogP contribution in [0.2, 0.25) is 0 Å². The second-order valence-corrected chi connectivity index (χ2v) is 8.42. The highest BCUT2D eigenvalue weighted by Gasteiger charge is 2.14. The number of benzene rings is 3. The first kappa shape index (κ1) is 21.0. The van der Waals surface area contributed by atoms with Crippen molar-refractivity contribution in [2.24, 2.45) is 0 Å². The van der Waals surface area contributed by atoms with Crippen molar-refractivity contribution in [2.45, 2.75) is 4.90 Å². The molecular weight excluding hydrogens is 437 g/mol. The molecule has 0 spiro atoms. The molecule has 0 atom stereocenters. The number of nitrogens with one attached hydrogen (secondary N) is 3. The van der Waals surface area contributed by atoms with Gasteiger partial charge in [0.1, 0.15) is 5.82 Å². The first-order valence-corrected chi connectivity index (χ1v) is 10.7. The second kappa shape index (κ2) is 8.47. The van der Waals surface area contributed by atoms with Gasteiger partial charge in [0.15, 0.2) is 5.82 Å². The fraction of sp³-hybridized carbons (Fsp3) is 0. The molecule has 0 unspecified atom stereocenters. The minimum absolute atomic E-state index is 0.00163. The van der Waals surface area contributed by atoms with Gasteiger partial charge in [-0.3, -0.25) is 19.9 Å². The molecule has 0 bridgehead atoms. The number of sulfonamides is 1. The molecule has 9 nitrogen and oxygen atoms in total. The van der Waals surface area contributed by atoms with E-state index >= 15 is 0 Å². The minimum atomic E-state index is -3.83. The summed E-state index contributed by atoms with van der Waals surface area (Å²) in [6, 6.07) is 18.8. The Hall–Kier alpha value is -4.25. The zero-order valence-corrected chi connectivity index (χ0v) is 17.1. The van der Waals surface area contributed by atoms with Crippen LogP contribution < -0.4 is 10.0 Å². The second-order valence-electron chi connectivity index (χ2n) is 6.73. The fourth-order valence-electron chi connectivity index (χ4n) is 2.89. The highest BCUT2D eigenvalue weighted by Crippen LogP contribution is 2.25. The van der Waals surface area contributed by atoms with E-state index in [-0.39, 0.29) is 10.6 Å². The normalized spacial score (nSPS) is 11.2. The highest BCUT2D eigenvalue weighted by molar-refractivity contribution is 7.92. The summed E-state index contributed by atoms with van der Waals surface area (Å²) in [5.41, 5.74) is 2.42. The van der Waals surface area contributed by atoms with Crippen molar-refractivity contribution in [2.75, 3.05) is 10.0 Å². The van der Waals surface area contributed by atoms with Gasteiger partial charge >= 0.3 is 0 Å². The molecule has 3 aromatic carbocycles. The molecule has 0 aliphatic heterocycles. The van der Waals surface area contributed by atoms with Crippen molar-refractivity contribution in [3.05, 3.63) is 94.8 Å². The van der Waals surface area contributed by atoms with Crippen molar-refractivity contribution >= 4 is 32.9 Å². The summed E-state index contributed by atoms with van der Waals surface area (Å²) in [6.07, 6.45) is 0. The van der Waals surface area contributed by atoms with Gasteiger partial charge in [0.05, 0.1) is 15.5 Å². The van der Waals surface area contributed by atoms with E-state index in [4.69, 9.17) is 0 Å². The molecule has 32 heavy (non-hydrogen) atoms. The van der Waals surface area contributed by atoms with Crippen molar-refractivity contribution < 1.29 is 17.7 Å². The third-order valence-corrected chi connectivity index (χ3v) is 5.90. The lowest BCUT2D eigenvalue weighted by Gasteiger charge is -2.09. The predicted molar refractivity (Wildman–Crippen MR) is 118 cm³/mol. The van der Waals surface area contributed by atoms with Gasteiger partial charge < -0.3 is 5.32 Å². The summed E-state index contributed by atoms with van der Waals surface area (Å²) in [5.74, 6) is -0.00697. The van der Waals surface area contributed by atoms with Crippen LogP contribution in [0.3, 0.4) is 0 Å². The van der Waals surface area contributed by atoms with E-state index in [2.05, 4.69) is 20.2 Å². The number of halogens is 1. The Kier molecular flexibility index (Phi) is 5.56. The maximum Gasteiger partial charge on any atom is 0.269 e. The van der Waals surface area contributed by atoms with Gasteiger partial charge in [-0.2, -0.15) is 5.10 Å². The summed E-state index contributed by atoms with van der Waals surface area (Å²) in [5, 5.41) is 20.9. The number of aromatic amines is 1. The maximum absolute atomic E-state index is 13.0. The van der Waals surface area contributed by atoms with Gasteiger partial charge in [-0.15, -0.1) is 0 Å². The van der Waals surface area contributed by atoms with Crippen LogP contribution in [-0.2, 0) is 10.0 Å². The predicted octanol–water partition coefficient (Wildman–Crippen LogP) is 4.67. The van der Waals surface area contributed by atoms with Crippen LogP contribution >= 0.6 is 0 Å². The van der Waals surface area contributed by atoms with Crippen LogP contribution in [-0.4, -0.2) is 23.5 Å². The number of nitro groups is 1. The van der Waals surface area contributed by atoms with Crippen LogP contribution in [0.1, 0.15) is 0 Å². The summed E-state index contributed by atoms with van der Waals surface area (Å²) in [6.45, 7) is 0. The number of hydrogen-bond donors (Lipinski definition) is 3. The molecule has 0 saturated heterocycles. The zero-order chi connectivity index (χ0) is 22.7. The Morgan fingerprint density at radius 2 is 1.53 bits per heavy atom. The molecule has 0 fully saturated rings. The summed E-state index contributed by atoms with van der Waals surface area (Å²) in [4.78, 5) is 10.3. The molecule has 0 saturated carbocycles. The lowest BCUT2D eigenvalue weighted by molar-refractivity contribution is -0.384. The topological polar surface area (TPSA) is 130 Å². The molecule has 0 aliphatic carbocycles. The molecular formula is C21H16FN5O4S. The zero-order valence-electron chi connectivity index (χ0n) is 16.3. The summed E-state index contributed by atoms with van der Waals surface area (Å²) in [7, 11) is -3.83. The van der Waals surface area contributed by atoms with E-state index in [0.717, 1.165) is 17.7 Å². The van der Waals surface area contributed by atoms with Crippen LogP contribution in [0, 0.1) is 15.9 Å². The lowest BCUT2D eigenvalue weighted by Crippen LogP contribution is -2.12. The average Bonchev–Trinajstić information content (AvgIpc) is 3.24. The third kappa shape index (κ3) is 4.73. The van der Waals surface area contributed by atoms with E-state index in [1.54, 1.807) is 42.5 Å². The van der Waals surface area contributed by atoms with E-state index in [1.165, 1.54) is 24.3 Å². The van der Waals surface area contributed by atoms with Crippen LogP contribution in [0.5, 0.6) is 0 Å². The Bertz CT molecular complexity index is 1350. The standard InChI is InChI=1S/C21H16FN5O4S/c22-15-3-11-19(12-4-15)32(30,31)26-17-7-5-16(6-8-17)23-21-13-20(24-25-21)14-1-9-18(10-2-14)27(28)29/h1-13,26H,(H2,23,24,25). The first-order chi connectivity index (χ1) is 15.3. The number of H-pyrrole nitrogens is 1. The molecule has 3 N–H and O–H groups in total. The largest absolute Gasteiger partial charge is 0.339 e. The number of aromatic nitrogens is 2. The van der Waals surface area contributed by atoms with Gasteiger partial charge in [0, 0.05) is 35.1 Å². The maximum atomic E-state index is 13.0. The number of non-ortho nitro benzene ring substituents is 1. The van der Waals surface area contributed by atoms with Gasteiger partial charge in [0.25, 0.3) is 15.7 Å². The van der Waals surface area contributed by atoms with E-state index in [1.807, 2.05) is 0 Å². The molecule has 162 valence electrons. The number of nitrogens with zero attached hydrogens (tertiary/aromatic N) is 2. The highest BCUT2D eigenvalue weighted by atomic mass is 32.2. The molecule has 11 heteroatoms. The molecule has 4 rings (SSSR count). The molecule has 0 radical (unpaired) electrons. The number of anilines is 3. The summed E-state index contributed by atoms with van der Waals surface area (Å²) < 4.78 is 40.2. The first-order valence-electron chi connectivity index (χ1n) is 9.26. The van der Waals surface area contributed by atoms with Gasteiger partial charge in [-0.1, -0.05) is 0 Å². The average molecular weight is 453 g/mol. The van der Waals surface area contributed by atoms with Crippen molar-refractivity contribution in [3.63, 3.8) is 0 Å². The Labute approximate surface area is 182 Å². The van der Waals surface area contributed by atoms with Crippen LogP contribution in [0.4, 0.5) is 27.3 Å². The van der Waals surface area contributed by atoms with Crippen LogP contribution in [0.15, 0.2) is 83.8 Å². The summed E-state index contributed by atoms with van der Waals surface area (Å²) >= 11 is 0.